The van der Waals surface area contributed by atoms with Crippen LogP contribution in [0.1, 0.15) is 43.8 Å². The van der Waals surface area contributed by atoms with Gasteiger partial charge in [-0.05, 0) is 74.2 Å². The van der Waals surface area contributed by atoms with Gasteiger partial charge in [-0.3, -0.25) is 9.59 Å². The van der Waals surface area contributed by atoms with Crippen molar-refractivity contribution in [3.63, 3.8) is 0 Å². The second-order valence-electron chi connectivity index (χ2n) is 11.0. The summed E-state index contributed by atoms with van der Waals surface area (Å²) in [5.74, 6) is -2.25. The lowest BCUT2D eigenvalue weighted by Crippen LogP contribution is -2.44. The first-order valence-corrected chi connectivity index (χ1v) is 15.2. The van der Waals surface area contributed by atoms with Crippen molar-refractivity contribution >= 4 is 44.5 Å². The van der Waals surface area contributed by atoms with Crippen molar-refractivity contribution in [3.05, 3.63) is 78.1 Å². The SMILES string of the molecule is COC(=O)C(C)(C)Oc1cccc2oc(C(=O)Nc3ccc(-c4ccc(S(=O)(=O)NC(C(=O)O)C(C)C)cc4)cc3)c(C)c12. The van der Waals surface area contributed by atoms with Crippen LogP contribution < -0.4 is 14.8 Å². The van der Waals surface area contributed by atoms with E-state index in [1.54, 1.807) is 89.2 Å². The molecule has 0 aliphatic carbocycles. The van der Waals surface area contributed by atoms with Gasteiger partial charge in [0.25, 0.3) is 5.91 Å². The summed E-state index contributed by atoms with van der Waals surface area (Å²) in [4.78, 5) is 36.7. The Morgan fingerprint density at radius 1 is 0.932 bits per heavy atom. The predicted octanol–water partition coefficient (Wildman–Crippen LogP) is 5.38. The zero-order chi connectivity index (χ0) is 32.4. The molecule has 1 atom stereocenters. The molecule has 3 N–H and O–H groups in total. The third kappa shape index (κ3) is 6.76. The summed E-state index contributed by atoms with van der Waals surface area (Å²) in [7, 11) is -2.76. The van der Waals surface area contributed by atoms with Crippen LogP contribution in [0.5, 0.6) is 5.75 Å². The number of amides is 1. The number of rotatable bonds is 11. The van der Waals surface area contributed by atoms with Crippen molar-refractivity contribution in [2.45, 2.75) is 51.2 Å². The highest BCUT2D eigenvalue weighted by molar-refractivity contribution is 7.89. The van der Waals surface area contributed by atoms with Gasteiger partial charge in [-0.1, -0.05) is 44.2 Å². The average Bonchev–Trinajstić information content (AvgIpc) is 3.32. The quantitative estimate of drug-likeness (QED) is 0.187. The van der Waals surface area contributed by atoms with E-state index in [-0.39, 0.29) is 10.7 Å². The first-order chi connectivity index (χ1) is 20.6. The standard InChI is InChI=1S/C32H34N2O9S/c1-18(2)27(30(36)37)34-44(39,40)23-16-12-21(13-17-23)20-10-14-22(15-11-20)33-29(35)28-19(3)26-24(42-28)8-7-9-25(26)43-32(4,5)31(38)41-6/h7-18,27,34H,1-6H3,(H,33,35)(H,36,37). The van der Waals surface area contributed by atoms with Gasteiger partial charge in [0, 0.05) is 11.3 Å². The number of aryl methyl sites for hydroxylation is 1. The van der Waals surface area contributed by atoms with E-state index in [1.807, 2.05) is 0 Å². The van der Waals surface area contributed by atoms with Gasteiger partial charge in [0.05, 0.1) is 17.4 Å². The Bertz CT molecular complexity index is 1810. The fourth-order valence-corrected chi connectivity index (χ4v) is 5.93. The van der Waals surface area contributed by atoms with Crippen LogP contribution in [0.25, 0.3) is 22.1 Å². The molecule has 1 amide bonds. The van der Waals surface area contributed by atoms with Crippen LogP contribution >= 0.6 is 0 Å². The van der Waals surface area contributed by atoms with E-state index in [0.717, 1.165) is 11.1 Å². The smallest absolute Gasteiger partial charge is 0.349 e. The Morgan fingerprint density at radius 3 is 2.07 bits per heavy atom. The number of benzene rings is 3. The van der Waals surface area contributed by atoms with Crippen molar-refractivity contribution in [2.75, 3.05) is 12.4 Å². The lowest BCUT2D eigenvalue weighted by atomic mass is 10.1. The van der Waals surface area contributed by atoms with E-state index in [4.69, 9.17) is 13.9 Å². The summed E-state index contributed by atoms with van der Waals surface area (Å²) < 4.78 is 44.3. The lowest BCUT2D eigenvalue weighted by molar-refractivity contribution is -0.156. The first-order valence-electron chi connectivity index (χ1n) is 13.7. The van der Waals surface area contributed by atoms with Gasteiger partial charge in [0.2, 0.25) is 10.0 Å². The molecular formula is C32H34N2O9S. The average molecular weight is 623 g/mol. The number of anilines is 1. The number of furan rings is 1. The van der Waals surface area contributed by atoms with E-state index >= 15 is 0 Å². The number of sulfonamides is 1. The number of carbonyl (C=O) groups is 3. The third-order valence-electron chi connectivity index (χ3n) is 7.02. The zero-order valence-electron chi connectivity index (χ0n) is 25.1. The largest absolute Gasteiger partial charge is 0.480 e. The van der Waals surface area contributed by atoms with Gasteiger partial charge in [-0.2, -0.15) is 4.72 Å². The number of hydrogen-bond acceptors (Lipinski definition) is 8. The van der Waals surface area contributed by atoms with Gasteiger partial charge in [-0.15, -0.1) is 0 Å². The summed E-state index contributed by atoms with van der Waals surface area (Å²) in [5, 5.41) is 12.7. The highest BCUT2D eigenvalue weighted by atomic mass is 32.2. The van der Waals surface area contributed by atoms with Gasteiger partial charge in [-0.25, -0.2) is 13.2 Å². The molecule has 1 aromatic heterocycles. The van der Waals surface area contributed by atoms with E-state index in [0.29, 0.717) is 28.0 Å². The van der Waals surface area contributed by atoms with E-state index < -0.39 is 45.4 Å². The number of nitrogens with one attached hydrogen (secondary N) is 2. The molecule has 232 valence electrons. The number of esters is 1. The van der Waals surface area contributed by atoms with E-state index in [9.17, 15) is 27.9 Å². The first kappa shape index (κ1) is 32.2. The minimum atomic E-state index is -4.04. The Morgan fingerprint density at radius 2 is 1.52 bits per heavy atom. The maximum absolute atomic E-state index is 13.2. The van der Waals surface area contributed by atoms with Crippen LogP contribution in [0.3, 0.4) is 0 Å². The molecule has 0 bridgehead atoms. The van der Waals surface area contributed by atoms with Crippen molar-refractivity contribution in [2.24, 2.45) is 5.92 Å². The maximum Gasteiger partial charge on any atom is 0.349 e. The van der Waals surface area contributed by atoms with Crippen LogP contribution in [0.4, 0.5) is 5.69 Å². The number of ether oxygens (including phenoxy) is 2. The highest BCUT2D eigenvalue weighted by Crippen LogP contribution is 2.35. The summed E-state index contributed by atoms with van der Waals surface area (Å²) in [6.07, 6.45) is 0. The fraction of sp³-hybridized carbons (Fsp3) is 0.281. The summed E-state index contributed by atoms with van der Waals surface area (Å²) in [5.41, 5.74) is 1.68. The van der Waals surface area contributed by atoms with E-state index in [1.165, 1.54) is 19.2 Å². The topological polar surface area (TPSA) is 161 Å². The number of carboxylic acids is 1. The summed E-state index contributed by atoms with van der Waals surface area (Å²) in [6, 6.07) is 16.8. The Kier molecular flexibility index (Phi) is 9.17. The zero-order valence-corrected chi connectivity index (χ0v) is 25.9. The molecule has 0 saturated carbocycles. The molecule has 0 aliphatic rings. The molecule has 11 nitrogen and oxygen atoms in total. The second kappa shape index (κ2) is 12.5. The number of carboxylic acid groups (broad SMARTS) is 1. The van der Waals surface area contributed by atoms with Crippen molar-refractivity contribution in [1.29, 1.82) is 0 Å². The summed E-state index contributed by atoms with van der Waals surface area (Å²) in [6.45, 7) is 8.14. The molecule has 0 aliphatic heterocycles. The Balaban J connectivity index is 1.50. The number of aliphatic carboxylic acids is 1. The number of methoxy groups -OCH3 is 1. The highest BCUT2D eigenvalue weighted by Gasteiger charge is 2.33. The van der Waals surface area contributed by atoms with E-state index in [2.05, 4.69) is 10.0 Å². The van der Waals surface area contributed by atoms with Crippen LogP contribution in [0.15, 0.2) is 76.0 Å². The number of carbonyl (C=O) groups excluding carboxylic acids is 2. The third-order valence-corrected chi connectivity index (χ3v) is 8.48. The van der Waals surface area contributed by atoms with Crippen molar-refractivity contribution in [1.82, 2.24) is 4.72 Å². The molecular weight excluding hydrogens is 588 g/mol. The minimum Gasteiger partial charge on any atom is -0.480 e. The van der Waals surface area contributed by atoms with Crippen molar-refractivity contribution in [3.8, 4) is 16.9 Å². The molecule has 1 unspecified atom stereocenters. The van der Waals surface area contributed by atoms with Crippen LogP contribution in [-0.2, 0) is 24.3 Å². The number of fused-ring (bicyclic) bond motifs is 1. The molecule has 44 heavy (non-hydrogen) atoms. The van der Waals surface area contributed by atoms with Gasteiger partial charge < -0.3 is 24.3 Å². The normalized spacial score (nSPS) is 12.6. The summed E-state index contributed by atoms with van der Waals surface area (Å²) >= 11 is 0. The molecule has 0 spiro atoms. The second-order valence-corrected chi connectivity index (χ2v) is 12.7. The molecule has 0 fully saturated rings. The molecule has 1 heterocycles. The maximum atomic E-state index is 13.2. The Labute approximate surface area is 255 Å². The number of hydrogen-bond donors (Lipinski definition) is 3. The monoisotopic (exact) mass is 622 g/mol. The van der Waals surface area contributed by atoms with Crippen LogP contribution in [0, 0.1) is 12.8 Å². The molecule has 12 heteroatoms. The van der Waals surface area contributed by atoms with Crippen LogP contribution in [0.2, 0.25) is 0 Å². The minimum absolute atomic E-state index is 0.0549. The predicted molar refractivity (Wildman–Crippen MR) is 164 cm³/mol. The van der Waals surface area contributed by atoms with Crippen molar-refractivity contribution < 1.29 is 41.8 Å². The van der Waals surface area contributed by atoms with Gasteiger partial charge in [0.1, 0.15) is 17.4 Å². The Hall–Kier alpha value is -4.68. The van der Waals surface area contributed by atoms with Crippen LogP contribution in [-0.4, -0.2) is 50.1 Å². The molecule has 4 rings (SSSR count). The molecule has 0 radical (unpaired) electrons. The van der Waals surface area contributed by atoms with Gasteiger partial charge >= 0.3 is 11.9 Å². The lowest BCUT2D eigenvalue weighted by Gasteiger charge is -2.23. The molecule has 0 saturated heterocycles. The fourth-order valence-electron chi connectivity index (χ4n) is 4.60. The van der Waals surface area contributed by atoms with Gasteiger partial charge in [0.15, 0.2) is 11.4 Å². The molecule has 3 aromatic carbocycles. The molecule has 4 aromatic rings.